The van der Waals surface area contributed by atoms with E-state index in [9.17, 15) is 0 Å². The predicted molar refractivity (Wildman–Crippen MR) is 83.9 cm³/mol. The molecule has 17 heavy (non-hydrogen) atoms. The van der Waals surface area contributed by atoms with Crippen molar-refractivity contribution in [1.29, 1.82) is 0 Å². The minimum atomic E-state index is 0.275. The maximum Gasteiger partial charge on any atom is 0.107 e. The van der Waals surface area contributed by atoms with Crippen LogP contribution < -0.4 is 0 Å². The van der Waals surface area contributed by atoms with Crippen molar-refractivity contribution in [2.45, 2.75) is 11.2 Å². The molecule has 0 amide bonds. The number of hydrogen-bond donors (Lipinski definition) is 0. The van der Waals surface area contributed by atoms with Crippen LogP contribution in [0.25, 0.3) is 0 Å². The summed E-state index contributed by atoms with van der Waals surface area (Å²) in [5.41, 5.74) is 1.25. The van der Waals surface area contributed by atoms with Crippen molar-refractivity contribution in [3.05, 3.63) is 54.6 Å². The van der Waals surface area contributed by atoms with Crippen LogP contribution in [0.15, 0.2) is 34.8 Å². The zero-order valence-electron chi connectivity index (χ0n) is 8.59. The van der Waals surface area contributed by atoms with Gasteiger partial charge in [-0.1, -0.05) is 51.3 Å². The summed E-state index contributed by atoms with van der Waals surface area (Å²) in [4.78, 5) is 1.49. The zero-order valence-corrected chi connectivity index (χ0v) is 14.1. The molecule has 1 heterocycles. The summed E-state index contributed by atoms with van der Waals surface area (Å²) in [5, 5.41) is 0.766. The molecule has 0 fully saturated rings. The Labute approximate surface area is 131 Å². The third-order valence-electron chi connectivity index (χ3n) is 2.30. The molecule has 0 nitrogen and oxygen atoms in total. The van der Waals surface area contributed by atoms with E-state index in [0.29, 0.717) is 0 Å². The second-order valence-electron chi connectivity index (χ2n) is 3.57. The van der Waals surface area contributed by atoms with Gasteiger partial charge < -0.3 is 0 Å². The Morgan fingerprint density at radius 3 is 2.35 bits per heavy atom. The smallest absolute Gasteiger partial charge is 0.107 e. The Morgan fingerprint density at radius 1 is 1.18 bits per heavy atom. The first kappa shape index (κ1) is 13.9. The van der Waals surface area contributed by atoms with E-state index < -0.39 is 0 Å². The first-order valence-corrected chi connectivity index (χ1v) is 8.17. The van der Waals surface area contributed by atoms with Crippen molar-refractivity contribution < 1.29 is 0 Å². The van der Waals surface area contributed by atoms with Gasteiger partial charge in [0.25, 0.3) is 0 Å². The molecule has 2 aromatic rings. The van der Waals surface area contributed by atoms with Gasteiger partial charge in [0, 0.05) is 14.4 Å². The normalized spacial score (nSPS) is 12.7. The van der Waals surface area contributed by atoms with E-state index in [2.05, 4.69) is 37.9 Å². The third kappa shape index (κ3) is 3.71. The predicted octanol–water partition coefficient (Wildman–Crippen LogP) is 6.50. The van der Waals surface area contributed by atoms with Gasteiger partial charge in [0.2, 0.25) is 0 Å². The van der Waals surface area contributed by atoms with Crippen LogP contribution >= 0.6 is 66.4 Å². The van der Waals surface area contributed by atoms with E-state index >= 15 is 0 Å². The number of alkyl halides is 1. The Bertz CT molecular complexity index is 488. The lowest BCUT2D eigenvalue weighted by molar-refractivity contribution is 0.969. The molecular formula is C12H8Br2Cl2S. The van der Waals surface area contributed by atoms with Crippen molar-refractivity contribution in [2.24, 2.45) is 0 Å². The van der Waals surface area contributed by atoms with Crippen LogP contribution in [0.2, 0.25) is 9.36 Å². The molecule has 1 unspecified atom stereocenters. The third-order valence-corrected chi connectivity index (χ3v) is 6.26. The molecule has 5 heteroatoms. The second kappa shape index (κ2) is 6.07. The van der Waals surface area contributed by atoms with Gasteiger partial charge in [-0.2, -0.15) is 0 Å². The van der Waals surface area contributed by atoms with Gasteiger partial charge in [-0.3, -0.25) is 0 Å². The van der Waals surface area contributed by atoms with E-state index in [4.69, 9.17) is 23.2 Å². The summed E-state index contributed by atoms with van der Waals surface area (Å²) in [6, 6.07) is 9.96. The van der Waals surface area contributed by atoms with E-state index in [1.807, 2.05) is 24.3 Å². The van der Waals surface area contributed by atoms with Crippen molar-refractivity contribution in [1.82, 2.24) is 0 Å². The minimum Gasteiger partial charge on any atom is -0.126 e. The standard InChI is InChI=1S/C12H8Br2Cl2S/c13-9(11-6-10(14)12(16)17-11)5-7-1-3-8(15)4-2-7/h1-4,6,9H,5H2. The summed E-state index contributed by atoms with van der Waals surface area (Å²) in [6.07, 6.45) is 0.917. The van der Waals surface area contributed by atoms with Gasteiger partial charge in [-0.15, -0.1) is 11.3 Å². The summed E-state index contributed by atoms with van der Waals surface area (Å²) >= 11 is 20.6. The molecule has 0 saturated carbocycles. The van der Waals surface area contributed by atoms with Crippen LogP contribution in [0.4, 0.5) is 0 Å². The molecule has 90 valence electrons. The van der Waals surface area contributed by atoms with Gasteiger partial charge in [-0.05, 0) is 46.1 Å². The Hall–Kier alpha value is 0.460. The van der Waals surface area contributed by atoms with E-state index in [-0.39, 0.29) is 4.83 Å². The fraction of sp³-hybridized carbons (Fsp3) is 0.167. The molecule has 0 N–H and O–H groups in total. The average Bonchev–Trinajstić information content (AvgIpc) is 2.63. The Kier molecular flexibility index (Phi) is 4.96. The van der Waals surface area contributed by atoms with Gasteiger partial charge in [0.1, 0.15) is 4.34 Å². The van der Waals surface area contributed by atoms with Gasteiger partial charge >= 0.3 is 0 Å². The highest BCUT2D eigenvalue weighted by molar-refractivity contribution is 9.10. The van der Waals surface area contributed by atoms with Crippen molar-refractivity contribution >= 4 is 66.4 Å². The zero-order chi connectivity index (χ0) is 12.4. The molecule has 1 aromatic heterocycles. The van der Waals surface area contributed by atoms with Gasteiger partial charge in [0.15, 0.2) is 0 Å². The van der Waals surface area contributed by atoms with Gasteiger partial charge in [-0.25, -0.2) is 0 Å². The lowest BCUT2D eigenvalue weighted by Gasteiger charge is -2.07. The van der Waals surface area contributed by atoms with E-state index in [1.54, 1.807) is 11.3 Å². The summed E-state index contributed by atoms with van der Waals surface area (Å²) in [6.45, 7) is 0. The van der Waals surface area contributed by atoms with Crippen molar-refractivity contribution in [2.75, 3.05) is 0 Å². The molecule has 0 saturated heterocycles. The van der Waals surface area contributed by atoms with Gasteiger partial charge in [0.05, 0.1) is 4.83 Å². The molecule has 1 aromatic carbocycles. The molecule has 0 bridgehead atoms. The highest BCUT2D eigenvalue weighted by atomic mass is 79.9. The lowest BCUT2D eigenvalue weighted by atomic mass is 10.1. The molecule has 0 aliphatic heterocycles. The van der Waals surface area contributed by atoms with Crippen LogP contribution in [0.1, 0.15) is 15.3 Å². The highest BCUT2D eigenvalue weighted by Gasteiger charge is 2.13. The Balaban J connectivity index is 2.11. The van der Waals surface area contributed by atoms with Crippen LogP contribution in [-0.4, -0.2) is 0 Å². The molecule has 2 rings (SSSR count). The number of hydrogen-bond acceptors (Lipinski definition) is 1. The van der Waals surface area contributed by atoms with Crippen LogP contribution in [-0.2, 0) is 6.42 Å². The number of rotatable bonds is 3. The first-order valence-electron chi connectivity index (χ1n) is 4.89. The lowest BCUT2D eigenvalue weighted by Crippen LogP contribution is -1.92. The van der Waals surface area contributed by atoms with Crippen LogP contribution in [0.5, 0.6) is 0 Å². The molecular weight excluding hydrogens is 407 g/mol. The second-order valence-corrected chi connectivity index (χ2v) is 7.65. The molecule has 0 aliphatic rings. The highest BCUT2D eigenvalue weighted by Crippen LogP contribution is 2.39. The minimum absolute atomic E-state index is 0.275. The average molecular weight is 415 g/mol. The SMILES string of the molecule is Clc1ccc(CC(Br)c2cc(Br)c(Cl)s2)cc1. The van der Waals surface area contributed by atoms with E-state index in [1.165, 1.54) is 10.4 Å². The fourth-order valence-corrected chi connectivity index (χ4v) is 4.07. The summed E-state index contributed by atoms with van der Waals surface area (Å²) in [5.74, 6) is 0. The maximum atomic E-state index is 6.03. The molecule has 0 radical (unpaired) electrons. The summed E-state index contributed by atoms with van der Waals surface area (Å²) < 4.78 is 1.75. The molecule has 0 aliphatic carbocycles. The largest absolute Gasteiger partial charge is 0.126 e. The first-order chi connectivity index (χ1) is 8.06. The van der Waals surface area contributed by atoms with Crippen molar-refractivity contribution in [3.8, 4) is 0 Å². The number of halogens is 4. The van der Waals surface area contributed by atoms with Crippen LogP contribution in [0.3, 0.4) is 0 Å². The fourth-order valence-electron chi connectivity index (χ4n) is 1.45. The quantitative estimate of drug-likeness (QED) is 0.503. The van der Waals surface area contributed by atoms with E-state index in [0.717, 1.165) is 20.3 Å². The van der Waals surface area contributed by atoms with Crippen LogP contribution in [0, 0.1) is 0 Å². The number of thiophene rings is 1. The maximum absolute atomic E-state index is 6.03. The monoisotopic (exact) mass is 412 g/mol. The topological polar surface area (TPSA) is 0 Å². The number of benzene rings is 1. The Morgan fingerprint density at radius 2 is 1.82 bits per heavy atom. The molecule has 1 atom stereocenters. The molecule has 0 spiro atoms. The van der Waals surface area contributed by atoms with Crippen molar-refractivity contribution in [3.63, 3.8) is 0 Å². The summed E-state index contributed by atoms with van der Waals surface area (Å²) in [7, 11) is 0.